The minimum absolute atomic E-state index is 0.00634. The number of rotatable bonds is 2. The molecular weight excluding hydrogens is 266 g/mol. The number of ketones is 1. The molecular formula is C17H15NO3. The molecule has 0 unspecified atom stereocenters. The van der Waals surface area contributed by atoms with Crippen LogP contribution < -0.4 is 5.32 Å². The molecule has 2 aromatic rings. The molecule has 106 valence electrons. The number of nitrogens with one attached hydrogen (secondary N) is 1. The Labute approximate surface area is 122 Å². The molecule has 0 aliphatic heterocycles. The number of benzene rings is 2. The Balaban J connectivity index is 2.03. The van der Waals surface area contributed by atoms with E-state index in [1.165, 1.54) is 12.1 Å². The average molecular weight is 281 g/mol. The zero-order chi connectivity index (χ0) is 15.0. The summed E-state index contributed by atoms with van der Waals surface area (Å²) in [6.45, 7) is 0. The van der Waals surface area contributed by atoms with Crippen LogP contribution in [0.3, 0.4) is 0 Å². The fraction of sp³-hybridized carbons (Fsp3) is 0.118. The number of phenolic OH excluding ortho intramolecular Hbond substituents is 2. The Hall–Kier alpha value is -2.75. The molecule has 21 heavy (non-hydrogen) atoms. The number of phenols is 2. The summed E-state index contributed by atoms with van der Waals surface area (Å²) in [4.78, 5) is 12.4. The third kappa shape index (κ3) is 2.25. The Morgan fingerprint density at radius 1 is 1.19 bits per heavy atom. The Bertz CT molecular complexity index is 763. The molecule has 0 saturated carbocycles. The SMILES string of the molecule is CNc1cccc2c1C/C(=C\c1ccc(O)cc1O)C2=O. The Morgan fingerprint density at radius 3 is 2.71 bits per heavy atom. The number of aromatic hydroxyl groups is 2. The van der Waals surface area contributed by atoms with E-state index in [4.69, 9.17) is 0 Å². The summed E-state index contributed by atoms with van der Waals surface area (Å²) in [5.74, 6) is -0.0668. The maximum atomic E-state index is 12.4. The van der Waals surface area contributed by atoms with Crippen molar-refractivity contribution < 1.29 is 15.0 Å². The summed E-state index contributed by atoms with van der Waals surface area (Å²) in [6.07, 6.45) is 2.21. The molecule has 0 heterocycles. The second-order valence-electron chi connectivity index (χ2n) is 5.00. The number of allylic oxidation sites excluding steroid dienone is 1. The molecule has 1 aliphatic rings. The first kappa shape index (κ1) is 13.2. The van der Waals surface area contributed by atoms with Gasteiger partial charge < -0.3 is 15.5 Å². The van der Waals surface area contributed by atoms with Crippen LogP contribution in [0.25, 0.3) is 6.08 Å². The van der Waals surface area contributed by atoms with Gasteiger partial charge in [-0.15, -0.1) is 0 Å². The minimum Gasteiger partial charge on any atom is -0.508 e. The van der Waals surface area contributed by atoms with E-state index in [1.807, 2.05) is 25.2 Å². The standard InChI is InChI=1S/C17H15NO3/c1-18-15-4-2-3-13-14(15)8-11(17(13)21)7-10-5-6-12(19)9-16(10)20/h2-7,9,18-20H,8H2,1H3/b11-7+. The van der Waals surface area contributed by atoms with Crippen molar-refractivity contribution in [2.24, 2.45) is 0 Å². The van der Waals surface area contributed by atoms with Crippen molar-refractivity contribution in [2.45, 2.75) is 6.42 Å². The van der Waals surface area contributed by atoms with Gasteiger partial charge in [0.2, 0.25) is 0 Å². The van der Waals surface area contributed by atoms with E-state index in [0.717, 1.165) is 11.3 Å². The van der Waals surface area contributed by atoms with Gasteiger partial charge in [0, 0.05) is 41.9 Å². The molecule has 4 heteroatoms. The number of hydrogen-bond acceptors (Lipinski definition) is 4. The summed E-state index contributed by atoms with van der Waals surface area (Å²) in [5, 5.41) is 22.2. The quantitative estimate of drug-likeness (QED) is 0.740. The third-order valence-corrected chi connectivity index (χ3v) is 3.69. The number of anilines is 1. The normalized spacial score (nSPS) is 15.3. The van der Waals surface area contributed by atoms with Crippen LogP contribution in [0.4, 0.5) is 5.69 Å². The number of carbonyl (C=O) groups is 1. The van der Waals surface area contributed by atoms with Crippen molar-refractivity contribution in [3.63, 3.8) is 0 Å². The highest BCUT2D eigenvalue weighted by Crippen LogP contribution is 2.34. The number of carbonyl (C=O) groups excluding carboxylic acids is 1. The van der Waals surface area contributed by atoms with Crippen LogP contribution in [0.5, 0.6) is 11.5 Å². The van der Waals surface area contributed by atoms with Crippen LogP contribution in [0, 0.1) is 0 Å². The molecule has 0 radical (unpaired) electrons. The fourth-order valence-corrected chi connectivity index (χ4v) is 2.63. The molecule has 0 fully saturated rings. The van der Waals surface area contributed by atoms with Crippen LogP contribution in [0.2, 0.25) is 0 Å². The van der Waals surface area contributed by atoms with Gasteiger partial charge in [-0.1, -0.05) is 12.1 Å². The predicted molar refractivity (Wildman–Crippen MR) is 81.8 cm³/mol. The van der Waals surface area contributed by atoms with Crippen molar-refractivity contribution in [1.82, 2.24) is 0 Å². The molecule has 1 aliphatic carbocycles. The highest BCUT2D eigenvalue weighted by atomic mass is 16.3. The number of Topliss-reactive ketones (excluding diaryl/α,β-unsaturated/α-hetero) is 1. The first-order valence-electron chi connectivity index (χ1n) is 6.67. The van der Waals surface area contributed by atoms with Crippen molar-refractivity contribution in [2.75, 3.05) is 12.4 Å². The Kier molecular flexibility index (Phi) is 3.14. The number of fused-ring (bicyclic) bond motifs is 1. The van der Waals surface area contributed by atoms with Crippen LogP contribution in [-0.4, -0.2) is 23.0 Å². The van der Waals surface area contributed by atoms with Gasteiger partial charge in [0.1, 0.15) is 11.5 Å². The van der Waals surface area contributed by atoms with Crippen molar-refractivity contribution in [3.05, 3.63) is 58.7 Å². The minimum atomic E-state index is -0.0416. The van der Waals surface area contributed by atoms with Crippen LogP contribution in [0.1, 0.15) is 21.5 Å². The molecule has 0 aromatic heterocycles. The topological polar surface area (TPSA) is 69.6 Å². The lowest BCUT2D eigenvalue weighted by molar-refractivity contribution is 0.104. The molecule has 0 bridgehead atoms. The lowest BCUT2D eigenvalue weighted by Gasteiger charge is -2.05. The molecule has 0 spiro atoms. The predicted octanol–water partition coefficient (Wildman–Crippen LogP) is 2.96. The van der Waals surface area contributed by atoms with E-state index in [0.29, 0.717) is 23.1 Å². The van der Waals surface area contributed by atoms with E-state index in [9.17, 15) is 15.0 Å². The maximum Gasteiger partial charge on any atom is 0.189 e. The largest absolute Gasteiger partial charge is 0.508 e. The van der Waals surface area contributed by atoms with Gasteiger partial charge in [-0.2, -0.15) is 0 Å². The summed E-state index contributed by atoms with van der Waals surface area (Å²) in [5.41, 5.74) is 3.78. The van der Waals surface area contributed by atoms with E-state index in [1.54, 1.807) is 12.1 Å². The van der Waals surface area contributed by atoms with E-state index in [2.05, 4.69) is 5.32 Å². The first-order chi connectivity index (χ1) is 10.1. The molecule has 2 aromatic carbocycles. The molecule has 0 atom stereocenters. The van der Waals surface area contributed by atoms with Gasteiger partial charge in [0.15, 0.2) is 5.78 Å². The van der Waals surface area contributed by atoms with Gasteiger partial charge in [-0.25, -0.2) is 0 Å². The lowest BCUT2D eigenvalue weighted by Crippen LogP contribution is -1.96. The molecule has 0 amide bonds. The van der Waals surface area contributed by atoms with Gasteiger partial charge in [-0.05, 0) is 29.8 Å². The highest BCUT2D eigenvalue weighted by Gasteiger charge is 2.26. The smallest absolute Gasteiger partial charge is 0.189 e. The molecule has 3 rings (SSSR count). The zero-order valence-corrected chi connectivity index (χ0v) is 11.6. The van der Waals surface area contributed by atoms with Gasteiger partial charge >= 0.3 is 0 Å². The summed E-state index contributed by atoms with van der Waals surface area (Å²) in [7, 11) is 1.83. The van der Waals surface area contributed by atoms with Crippen molar-refractivity contribution >= 4 is 17.5 Å². The lowest BCUT2D eigenvalue weighted by atomic mass is 10.1. The van der Waals surface area contributed by atoms with Crippen LogP contribution in [0.15, 0.2) is 42.0 Å². The summed E-state index contributed by atoms with van der Waals surface area (Å²) in [6, 6.07) is 9.94. The van der Waals surface area contributed by atoms with Gasteiger partial charge in [0.05, 0.1) is 0 Å². The van der Waals surface area contributed by atoms with Crippen LogP contribution in [-0.2, 0) is 6.42 Å². The first-order valence-corrected chi connectivity index (χ1v) is 6.67. The second kappa shape index (κ2) is 4.98. The Morgan fingerprint density at radius 2 is 2.00 bits per heavy atom. The van der Waals surface area contributed by atoms with E-state index in [-0.39, 0.29) is 17.3 Å². The highest BCUT2D eigenvalue weighted by molar-refractivity contribution is 6.16. The molecule has 0 saturated heterocycles. The monoisotopic (exact) mass is 281 g/mol. The van der Waals surface area contributed by atoms with Crippen LogP contribution >= 0.6 is 0 Å². The van der Waals surface area contributed by atoms with E-state index >= 15 is 0 Å². The van der Waals surface area contributed by atoms with Crippen molar-refractivity contribution in [3.8, 4) is 11.5 Å². The summed E-state index contributed by atoms with van der Waals surface area (Å²) < 4.78 is 0. The van der Waals surface area contributed by atoms with Gasteiger partial charge in [-0.3, -0.25) is 4.79 Å². The maximum absolute atomic E-state index is 12.4. The van der Waals surface area contributed by atoms with Crippen molar-refractivity contribution in [1.29, 1.82) is 0 Å². The fourth-order valence-electron chi connectivity index (χ4n) is 2.63. The second-order valence-corrected chi connectivity index (χ2v) is 5.00. The molecule has 3 N–H and O–H groups in total. The van der Waals surface area contributed by atoms with Gasteiger partial charge in [0.25, 0.3) is 0 Å². The zero-order valence-electron chi connectivity index (χ0n) is 11.6. The summed E-state index contributed by atoms with van der Waals surface area (Å²) >= 11 is 0. The van der Waals surface area contributed by atoms with E-state index < -0.39 is 0 Å². The molecule has 4 nitrogen and oxygen atoms in total. The average Bonchev–Trinajstić information content (AvgIpc) is 2.79. The number of hydrogen-bond donors (Lipinski definition) is 3. The third-order valence-electron chi connectivity index (χ3n) is 3.69.